The molecule has 1 atom stereocenters. The second-order valence-electron chi connectivity index (χ2n) is 4.97. The molecule has 1 rings (SSSR count). The van der Waals surface area contributed by atoms with E-state index in [0.29, 0.717) is 35.2 Å². The Balaban J connectivity index is 3.03. The van der Waals surface area contributed by atoms with E-state index in [-0.39, 0.29) is 0 Å². The van der Waals surface area contributed by atoms with Crippen LogP contribution in [0.15, 0.2) is 16.6 Å². The number of hydrogen-bond acceptors (Lipinski definition) is 4. The smallest absolute Gasteiger partial charge is 0.344 e. The highest BCUT2D eigenvalue weighted by molar-refractivity contribution is 9.10. The Hall–Kier alpha value is -1.27. The minimum atomic E-state index is -1.02. The molecular weight excluding hydrogens is 338 g/mol. The van der Waals surface area contributed by atoms with Crippen molar-refractivity contribution >= 4 is 21.9 Å². The number of rotatable bonds is 8. The standard InChI is InChI=1S/C15H22BrNO4/c1-5-20-13-7-11(8-17-9(2)3)6-12(16)14(13)21-10(4)15(18)19/h6-7,9-10,17H,5,8H2,1-4H3,(H,18,19). The third kappa shape index (κ3) is 5.55. The Bertz CT molecular complexity index is 491. The number of carbonyl (C=O) groups is 1. The summed E-state index contributed by atoms with van der Waals surface area (Å²) in [6.45, 7) is 8.68. The largest absolute Gasteiger partial charge is 0.490 e. The molecule has 118 valence electrons. The third-order valence-electron chi connectivity index (χ3n) is 2.73. The van der Waals surface area contributed by atoms with E-state index in [4.69, 9.17) is 14.6 Å². The zero-order valence-corrected chi connectivity index (χ0v) is 14.4. The quantitative estimate of drug-likeness (QED) is 0.745. The van der Waals surface area contributed by atoms with Gasteiger partial charge in [0.2, 0.25) is 0 Å². The van der Waals surface area contributed by atoms with E-state index in [2.05, 4.69) is 35.1 Å². The highest BCUT2D eigenvalue weighted by atomic mass is 79.9. The first-order chi connectivity index (χ1) is 9.85. The molecule has 0 saturated carbocycles. The predicted molar refractivity (Wildman–Crippen MR) is 85.0 cm³/mol. The average Bonchev–Trinajstić information content (AvgIpc) is 2.40. The van der Waals surface area contributed by atoms with Crippen LogP contribution in [0, 0.1) is 0 Å². The molecule has 0 amide bonds. The first-order valence-corrected chi connectivity index (χ1v) is 7.72. The van der Waals surface area contributed by atoms with Crippen LogP contribution in [0.4, 0.5) is 0 Å². The Kier molecular flexibility index (Phi) is 6.98. The average molecular weight is 360 g/mol. The van der Waals surface area contributed by atoms with E-state index in [1.807, 2.05) is 19.1 Å². The zero-order chi connectivity index (χ0) is 16.0. The number of carboxylic acids is 1. The molecule has 0 aromatic heterocycles. The fraction of sp³-hybridized carbons (Fsp3) is 0.533. The molecule has 0 aliphatic heterocycles. The van der Waals surface area contributed by atoms with Gasteiger partial charge < -0.3 is 19.9 Å². The molecule has 0 heterocycles. The molecule has 0 spiro atoms. The maximum Gasteiger partial charge on any atom is 0.344 e. The molecule has 1 unspecified atom stereocenters. The van der Waals surface area contributed by atoms with Gasteiger partial charge >= 0.3 is 5.97 Å². The molecule has 5 nitrogen and oxygen atoms in total. The molecule has 0 aliphatic rings. The summed E-state index contributed by atoms with van der Waals surface area (Å²) in [6.07, 6.45) is -0.944. The summed E-state index contributed by atoms with van der Waals surface area (Å²) in [5.74, 6) is -0.0597. The van der Waals surface area contributed by atoms with Gasteiger partial charge in [0.05, 0.1) is 11.1 Å². The van der Waals surface area contributed by atoms with Gasteiger partial charge in [0.15, 0.2) is 17.6 Å². The van der Waals surface area contributed by atoms with E-state index in [9.17, 15) is 4.79 Å². The lowest BCUT2D eigenvalue weighted by atomic mass is 10.2. The zero-order valence-electron chi connectivity index (χ0n) is 12.8. The molecular formula is C15H22BrNO4. The number of halogens is 1. The second kappa shape index (κ2) is 8.24. The second-order valence-corrected chi connectivity index (χ2v) is 5.83. The highest BCUT2D eigenvalue weighted by Crippen LogP contribution is 2.37. The van der Waals surface area contributed by atoms with E-state index in [1.165, 1.54) is 6.92 Å². The molecule has 6 heteroatoms. The van der Waals surface area contributed by atoms with Crippen LogP contribution in [-0.4, -0.2) is 29.8 Å². The molecule has 0 saturated heterocycles. The number of nitrogens with one attached hydrogen (secondary N) is 1. The van der Waals surface area contributed by atoms with E-state index in [1.54, 1.807) is 0 Å². The van der Waals surface area contributed by atoms with Gasteiger partial charge in [-0.15, -0.1) is 0 Å². The molecule has 1 aromatic rings. The van der Waals surface area contributed by atoms with E-state index < -0.39 is 12.1 Å². The predicted octanol–water partition coefficient (Wildman–Crippen LogP) is 3.20. The van der Waals surface area contributed by atoms with Gasteiger partial charge in [0.1, 0.15) is 0 Å². The number of aliphatic carboxylic acids is 1. The Labute approximate surface area is 133 Å². The summed E-state index contributed by atoms with van der Waals surface area (Å²) in [7, 11) is 0. The molecule has 0 radical (unpaired) electrons. The van der Waals surface area contributed by atoms with E-state index >= 15 is 0 Å². The highest BCUT2D eigenvalue weighted by Gasteiger charge is 2.19. The van der Waals surface area contributed by atoms with Crippen molar-refractivity contribution < 1.29 is 19.4 Å². The fourth-order valence-corrected chi connectivity index (χ4v) is 2.23. The lowest BCUT2D eigenvalue weighted by molar-refractivity contribution is -0.144. The lowest BCUT2D eigenvalue weighted by Gasteiger charge is -2.18. The van der Waals surface area contributed by atoms with Crippen molar-refractivity contribution in [3.05, 3.63) is 22.2 Å². The third-order valence-corrected chi connectivity index (χ3v) is 3.32. The van der Waals surface area contributed by atoms with Crippen LogP contribution in [0.3, 0.4) is 0 Å². The van der Waals surface area contributed by atoms with Crippen molar-refractivity contribution in [1.82, 2.24) is 5.32 Å². The summed E-state index contributed by atoms with van der Waals surface area (Å²) < 4.78 is 11.7. The Morgan fingerprint density at radius 3 is 2.57 bits per heavy atom. The molecule has 0 fully saturated rings. The number of ether oxygens (including phenoxy) is 2. The van der Waals surface area contributed by atoms with Gasteiger partial charge in [-0.25, -0.2) is 4.79 Å². The van der Waals surface area contributed by atoms with Crippen LogP contribution in [0.2, 0.25) is 0 Å². The topological polar surface area (TPSA) is 67.8 Å². The SMILES string of the molecule is CCOc1cc(CNC(C)C)cc(Br)c1OC(C)C(=O)O. The lowest BCUT2D eigenvalue weighted by Crippen LogP contribution is -2.24. The van der Waals surface area contributed by atoms with Crippen LogP contribution in [0.1, 0.15) is 33.3 Å². The summed E-state index contributed by atoms with van der Waals surface area (Å²) >= 11 is 3.43. The summed E-state index contributed by atoms with van der Waals surface area (Å²) in [4.78, 5) is 10.9. The van der Waals surface area contributed by atoms with Crippen LogP contribution < -0.4 is 14.8 Å². The van der Waals surface area contributed by atoms with Gasteiger partial charge in [-0.1, -0.05) is 13.8 Å². The van der Waals surface area contributed by atoms with Crippen molar-refractivity contribution in [2.45, 2.75) is 46.4 Å². The van der Waals surface area contributed by atoms with Crippen molar-refractivity contribution in [3.8, 4) is 11.5 Å². The van der Waals surface area contributed by atoms with Crippen molar-refractivity contribution in [2.75, 3.05) is 6.61 Å². The maximum absolute atomic E-state index is 10.9. The van der Waals surface area contributed by atoms with Gasteiger partial charge in [-0.3, -0.25) is 0 Å². The van der Waals surface area contributed by atoms with Crippen LogP contribution >= 0.6 is 15.9 Å². The number of carboxylic acid groups (broad SMARTS) is 1. The summed E-state index contributed by atoms with van der Waals surface area (Å²) in [5.41, 5.74) is 1.04. The molecule has 2 N–H and O–H groups in total. The first kappa shape index (κ1) is 17.8. The molecule has 1 aromatic carbocycles. The summed E-state index contributed by atoms with van der Waals surface area (Å²) in [5, 5.41) is 12.3. The van der Waals surface area contributed by atoms with Gasteiger partial charge in [-0.2, -0.15) is 0 Å². The van der Waals surface area contributed by atoms with Crippen molar-refractivity contribution in [2.24, 2.45) is 0 Å². The van der Waals surface area contributed by atoms with Crippen LogP contribution in [0.25, 0.3) is 0 Å². The molecule has 0 bridgehead atoms. The Morgan fingerprint density at radius 1 is 1.38 bits per heavy atom. The number of benzene rings is 1. The van der Waals surface area contributed by atoms with E-state index in [0.717, 1.165) is 5.56 Å². The fourth-order valence-electron chi connectivity index (χ4n) is 1.65. The molecule has 0 aliphatic carbocycles. The van der Waals surface area contributed by atoms with Gasteiger partial charge in [0.25, 0.3) is 0 Å². The van der Waals surface area contributed by atoms with Crippen molar-refractivity contribution in [1.29, 1.82) is 0 Å². The van der Waals surface area contributed by atoms with Crippen molar-refractivity contribution in [3.63, 3.8) is 0 Å². The summed E-state index contributed by atoms with van der Waals surface area (Å²) in [6, 6.07) is 4.15. The maximum atomic E-state index is 10.9. The monoisotopic (exact) mass is 359 g/mol. The van der Waals surface area contributed by atoms with Crippen LogP contribution in [-0.2, 0) is 11.3 Å². The van der Waals surface area contributed by atoms with Gasteiger partial charge in [0, 0.05) is 12.6 Å². The Morgan fingerprint density at radius 2 is 2.05 bits per heavy atom. The normalized spacial score (nSPS) is 12.3. The minimum Gasteiger partial charge on any atom is -0.490 e. The number of hydrogen-bond donors (Lipinski definition) is 2. The van der Waals surface area contributed by atoms with Gasteiger partial charge in [-0.05, 0) is 47.5 Å². The van der Waals surface area contributed by atoms with Crippen LogP contribution in [0.5, 0.6) is 11.5 Å². The minimum absolute atomic E-state index is 0.377. The molecule has 21 heavy (non-hydrogen) atoms. The first-order valence-electron chi connectivity index (χ1n) is 6.93.